The number of benzene rings is 1. The molecule has 0 radical (unpaired) electrons. The molecular weight excluding hydrogens is 552 g/mol. The number of esters is 4. The number of carbonyl (C=O) groups excluding carboxylic acids is 4. The lowest BCUT2D eigenvalue weighted by Gasteiger charge is -2.44. The largest absolute Gasteiger partial charge is 0.463 e. The van der Waals surface area contributed by atoms with Gasteiger partial charge in [0.2, 0.25) is 12.4 Å². The Bertz CT molecular complexity index is 1380. The van der Waals surface area contributed by atoms with Gasteiger partial charge in [-0.25, -0.2) is 4.79 Å². The first-order chi connectivity index (χ1) is 18.9. The summed E-state index contributed by atoms with van der Waals surface area (Å²) in [6.07, 6.45) is -3.73. The number of rotatable bonds is 7. The molecule has 1 aliphatic heterocycles. The summed E-state index contributed by atoms with van der Waals surface area (Å²) in [5, 5.41) is 0.815. The van der Waals surface area contributed by atoms with E-state index in [9.17, 15) is 24.0 Å². The van der Waals surface area contributed by atoms with E-state index in [1.807, 2.05) is 0 Å². The van der Waals surface area contributed by atoms with Gasteiger partial charge in [0, 0.05) is 44.7 Å². The fourth-order valence-electron chi connectivity index (χ4n) is 4.94. The van der Waals surface area contributed by atoms with Gasteiger partial charge in [0.15, 0.2) is 12.2 Å². The smallest absolute Gasteiger partial charge is 0.339 e. The van der Waals surface area contributed by atoms with E-state index in [-0.39, 0.29) is 16.4 Å². The van der Waals surface area contributed by atoms with E-state index >= 15 is 0 Å². The minimum atomic E-state index is -1.49. The van der Waals surface area contributed by atoms with Gasteiger partial charge in [-0.15, -0.1) is 0 Å². The van der Waals surface area contributed by atoms with Crippen LogP contribution in [-0.4, -0.2) is 61.2 Å². The quantitative estimate of drug-likeness (QED) is 0.269. The summed E-state index contributed by atoms with van der Waals surface area (Å²) in [5.41, 5.74) is 1.29. The van der Waals surface area contributed by atoms with Gasteiger partial charge in [0.25, 0.3) is 0 Å². The summed E-state index contributed by atoms with van der Waals surface area (Å²) < 4.78 is 38.8. The molecular formula is C27H29ClO12. The van der Waals surface area contributed by atoms with Crippen LogP contribution in [0.3, 0.4) is 0 Å². The first-order valence-electron chi connectivity index (χ1n) is 12.7. The van der Waals surface area contributed by atoms with Crippen LogP contribution in [0.25, 0.3) is 11.0 Å². The van der Waals surface area contributed by atoms with Crippen LogP contribution in [0.2, 0.25) is 5.02 Å². The van der Waals surface area contributed by atoms with E-state index in [2.05, 4.69) is 0 Å². The highest BCUT2D eigenvalue weighted by molar-refractivity contribution is 6.32. The molecule has 216 valence electrons. The third-order valence-corrected chi connectivity index (χ3v) is 6.76. The second-order valence-electron chi connectivity index (χ2n) is 9.52. The van der Waals surface area contributed by atoms with Crippen LogP contribution in [0.1, 0.15) is 51.7 Å². The van der Waals surface area contributed by atoms with E-state index in [0.29, 0.717) is 23.8 Å². The molecule has 2 heterocycles. The van der Waals surface area contributed by atoms with Crippen LogP contribution in [0.4, 0.5) is 0 Å². The van der Waals surface area contributed by atoms with Crippen LogP contribution in [0.5, 0.6) is 5.75 Å². The van der Waals surface area contributed by atoms with E-state index in [1.165, 1.54) is 13.0 Å². The van der Waals surface area contributed by atoms with Crippen molar-refractivity contribution in [2.24, 2.45) is 0 Å². The minimum Gasteiger partial charge on any atom is -0.463 e. The van der Waals surface area contributed by atoms with Gasteiger partial charge in [-0.3, -0.25) is 19.2 Å². The second-order valence-corrected chi connectivity index (χ2v) is 9.93. The average molecular weight is 581 g/mol. The highest BCUT2D eigenvalue weighted by Gasteiger charge is 2.53. The van der Waals surface area contributed by atoms with Crippen molar-refractivity contribution in [1.82, 2.24) is 0 Å². The molecule has 2 aliphatic rings. The number of halogens is 1. The van der Waals surface area contributed by atoms with Crippen molar-refractivity contribution >= 4 is 46.4 Å². The van der Waals surface area contributed by atoms with Gasteiger partial charge in [0.1, 0.15) is 24.0 Å². The van der Waals surface area contributed by atoms with Crippen LogP contribution in [0, 0.1) is 0 Å². The van der Waals surface area contributed by atoms with E-state index in [4.69, 9.17) is 44.4 Å². The van der Waals surface area contributed by atoms with Crippen molar-refractivity contribution in [3.05, 3.63) is 38.7 Å². The fourth-order valence-corrected chi connectivity index (χ4v) is 5.15. The molecule has 1 aromatic heterocycles. The molecule has 1 fully saturated rings. The van der Waals surface area contributed by atoms with Crippen molar-refractivity contribution in [3.8, 4) is 5.75 Å². The number of ether oxygens (including phenoxy) is 6. The van der Waals surface area contributed by atoms with Crippen molar-refractivity contribution < 1.29 is 52.0 Å². The van der Waals surface area contributed by atoms with Crippen LogP contribution in [0.15, 0.2) is 21.3 Å². The van der Waals surface area contributed by atoms with Gasteiger partial charge >= 0.3 is 29.5 Å². The third-order valence-electron chi connectivity index (χ3n) is 6.47. The SMILES string of the molecule is CC(=O)OC[C@H]1O[C@H](Oc2cc3oc(=O)c4c(c3cc2Cl)CCCC4)[C@@H](OC(C)=O)[C@H](OC(C)=O)[C@@H]1OC(C)=O. The number of hydrogen-bond acceptors (Lipinski definition) is 12. The van der Waals surface area contributed by atoms with Gasteiger partial charge in [0.05, 0.1) is 5.02 Å². The molecule has 0 spiro atoms. The molecule has 0 unspecified atom stereocenters. The molecule has 0 saturated carbocycles. The normalized spacial score (nSPS) is 24.0. The lowest BCUT2D eigenvalue weighted by atomic mass is 9.90. The van der Waals surface area contributed by atoms with E-state index < -0.39 is 66.8 Å². The zero-order chi connectivity index (χ0) is 29.1. The number of fused-ring (bicyclic) bond motifs is 3. The zero-order valence-corrected chi connectivity index (χ0v) is 23.1. The Kier molecular flexibility index (Phi) is 8.99. The molecule has 0 N–H and O–H groups in total. The Morgan fingerprint density at radius 2 is 1.45 bits per heavy atom. The molecule has 12 nitrogen and oxygen atoms in total. The predicted molar refractivity (Wildman–Crippen MR) is 137 cm³/mol. The maximum absolute atomic E-state index is 12.6. The van der Waals surface area contributed by atoms with E-state index in [0.717, 1.165) is 39.2 Å². The molecule has 1 aromatic carbocycles. The highest BCUT2D eigenvalue weighted by atomic mass is 35.5. The molecule has 5 atom stereocenters. The van der Waals surface area contributed by atoms with Gasteiger partial charge < -0.3 is 32.8 Å². The van der Waals surface area contributed by atoms with E-state index in [1.54, 1.807) is 6.07 Å². The Morgan fingerprint density at radius 3 is 2.08 bits per heavy atom. The molecule has 4 rings (SSSR count). The minimum absolute atomic E-state index is 0.00831. The lowest BCUT2D eigenvalue weighted by molar-refractivity contribution is -0.288. The summed E-state index contributed by atoms with van der Waals surface area (Å²) in [6, 6.07) is 3.03. The molecule has 13 heteroatoms. The molecule has 0 amide bonds. The third kappa shape index (κ3) is 6.56. The molecule has 1 aliphatic carbocycles. The Labute approximate surface area is 233 Å². The van der Waals surface area contributed by atoms with Gasteiger partial charge in [-0.05, 0) is 37.3 Å². The van der Waals surface area contributed by atoms with Gasteiger partial charge in [-0.1, -0.05) is 11.6 Å². The summed E-state index contributed by atoms with van der Waals surface area (Å²) in [4.78, 5) is 60.1. The summed E-state index contributed by atoms with van der Waals surface area (Å²) in [5.74, 6) is -2.95. The maximum atomic E-state index is 12.6. The zero-order valence-electron chi connectivity index (χ0n) is 22.4. The fraction of sp³-hybridized carbons (Fsp3) is 0.519. The van der Waals surface area contributed by atoms with Crippen LogP contribution in [-0.2, 0) is 55.7 Å². The Balaban J connectivity index is 1.76. The standard InChI is InChI=1S/C27H29ClO12/c1-12(29)34-11-22-23(35-13(2)30)24(36-14(3)31)25(37-15(4)32)27(40-22)39-21-10-20-18(9-19(21)28)16-7-5-6-8-17(16)26(33)38-20/h9-10,22-25,27H,5-8,11H2,1-4H3/t22-,23-,24-,25+,27+/m1/s1. The van der Waals surface area contributed by atoms with Crippen LogP contribution >= 0.6 is 11.6 Å². The highest BCUT2D eigenvalue weighted by Crippen LogP contribution is 2.37. The van der Waals surface area contributed by atoms with Gasteiger partial charge in [-0.2, -0.15) is 0 Å². The molecule has 2 aromatic rings. The average Bonchev–Trinajstić information content (AvgIpc) is 2.87. The molecule has 1 saturated heterocycles. The summed E-state index contributed by atoms with van der Waals surface area (Å²) in [6.45, 7) is 4.12. The molecule has 0 bridgehead atoms. The Morgan fingerprint density at radius 1 is 0.850 bits per heavy atom. The van der Waals surface area contributed by atoms with Crippen LogP contribution < -0.4 is 10.4 Å². The number of hydrogen-bond donors (Lipinski definition) is 0. The predicted octanol–water partition coefficient (Wildman–Crippen LogP) is 2.79. The number of carbonyl (C=O) groups is 4. The topological polar surface area (TPSA) is 154 Å². The summed E-state index contributed by atoms with van der Waals surface area (Å²) >= 11 is 6.58. The summed E-state index contributed by atoms with van der Waals surface area (Å²) in [7, 11) is 0. The Hall–Kier alpha value is -3.64. The van der Waals surface area contributed by atoms with Crippen molar-refractivity contribution in [2.45, 2.75) is 84.1 Å². The second kappa shape index (κ2) is 12.3. The first kappa shape index (κ1) is 29.3. The lowest BCUT2D eigenvalue weighted by Crippen LogP contribution is -2.63. The number of aryl methyl sites for hydroxylation is 1. The van der Waals surface area contributed by atoms with Crippen molar-refractivity contribution in [3.63, 3.8) is 0 Å². The first-order valence-corrected chi connectivity index (χ1v) is 13.1. The monoisotopic (exact) mass is 580 g/mol. The van der Waals surface area contributed by atoms with Crippen molar-refractivity contribution in [1.29, 1.82) is 0 Å². The maximum Gasteiger partial charge on any atom is 0.339 e. The molecule has 40 heavy (non-hydrogen) atoms. The van der Waals surface area contributed by atoms with Crippen molar-refractivity contribution in [2.75, 3.05) is 6.61 Å².